The molecule has 1 unspecified atom stereocenters. The molecule has 198 valence electrons. The van der Waals surface area contributed by atoms with Gasteiger partial charge < -0.3 is 19.5 Å². The standard InChI is InChI=1S/C27H34N4O6/c1-13(2)25(33)29-24-17(12-28-27(30-24)31-26(34)14(3)4)9-16-10-20(35-5)22(36-6)23-21(16)18(32)11-19(37-23)15-7-8-15/h10,12-15,19H,7-9,11H2,1-6H3,(H2,28,29,30,31,33,34). The zero-order valence-electron chi connectivity index (χ0n) is 22.1. The van der Waals surface area contributed by atoms with E-state index >= 15 is 0 Å². The summed E-state index contributed by atoms with van der Waals surface area (Å²) in [4.78, 5) is 46.8. The highest BCUT2D eigenvalue weighted by molar-refractivity contribution is 6.03. The number of carbonyl (C=O) groups is 3. The first-order valence-electron chi connectivity index (χ1n) is 12.6. The van der Waals surface area contributed by atoms with Crippen molar-refractivity contribution in [3.05, 3.63) is 29.0 Å². The molecule has 1 aliphatic heterocycles. The fourth-order valence-corrected chi connectivity index (χ4v) is 4.20. The van der Waals surface area contributed by atoms with Gasteiger partial charge in [0.25, 0.3) is 0 Å². The zero-order valence-corrected chi connectivity index (χ0v) is 22.1. The van der Waals surface area contributed by atoms with Gasteiger partial charge in [0.15, 0.2) is 17.3 Å². The fourth-order valence-electron chi connectivity index (χ4n) is 4.20. The summed E-state index contributed by atoms with van der Waals surface area (Å²) in [5, 5.41) is 5.50. The molecular weight excluding hydrogens is 476 g/mol. The minimum atomic E-state index is -0.292. The highest BCUT2D eigenvalue weighted by Crippen LogP contribution is 2.49. The molecule has 2 aliphatic rings. The molecule has 1 aliphatic carbocycles. The van der Waals surface area contributed by atoms with Gasteiger partial charge in [0.1, 0.15) is 11.9 Å². The molecule has 4 rings (SSSR count). The number of nitrogens with one attached hydrogen (secondary N) is 2. The van der Waals surface area contributed by atoms with Crippen LogP contribution in [0.2, 0.25) is 0 Å². The molecule has 0 radical (unpaired) electrons. The highest BCUT2D eigenvalue weighted by atomic mass is 16.5. The molecule has 37 heavy (non-hydrogen) atoms. The van der Waals surface area contributed by atoms with Crippen molar-refractivity contribution in [2.24, 2.45) is 17.8 Å². The van der Waals surface area contributed by atoms with E-state index in [1.54, 1.807) is 40.0 Å². The molecule has 2 heterocycles. The van der Waals surface area contributed by atoms with E-state index in [9.17, 15) is 14.4 Å². The first-order chi connectivity index (χ1) is 17.6. The van der Waals surface area contributed by atoms with Gasteiger partial charge in [-0.2, -0.15) is 4.98 Å². The van der Waals surface area contributed by atoms with Gasteiger partial charge in [0.2, 0.25) is 23.5 Å². The van der Waals surface area contributed by atoms with Crippen molar-refractivity contribution in [1.82, 2.24) is 9.97 Å². The van der Waals surface area contributed by atoms with Crippen LogP contribution < -0.4 is 24.8 Å². The Balaban J connectivity index is 1.76. The molecule has 10 heteroatoms. The molecule has 2 aromatic rings. The lowest BCUT2D eigenvalue weighted by Crippen LogP contribution is -2.30. The number of nitrogens with zero attached hydrogens (tertiary/aromatic N) is 2. The van der Waals surface area contributed by atoms with E-state index in [0.29, 0.717) is 46.3 Å². The summed E-state index contributed by atoms with van der Waals surface area (Å²) in [7, 11) is 3.05. The van der Waals surface area contributed by atoms with E-state index in [4.69, 9.17) is 14.2 Å². The van der Waals surface area contributed by atoms with Crippen LogP contribution in [-0.4, -0.2) is 47.9 Å². The van der Waals surface area contributed by atoms with E-state index in [-0.39, 0.29) is 53.7 Å². The third-order valence-electron chi connectivity index (χ3n) is 6.56. The second-order valence-corrected chi connectivity index (χ2v) is 10.1. The number of methoxy groups -OCH3 is 2. The summed E-state index contributed by atoms with van der Waals surface area (Å²) >= 11 is 0. The molecular formula is C27H34N4O6. The van der Waals surface area contributed by atoms with E-state index in [1.807, 2.05) is 0 Å². The minimum Gasteiger partial charge on any atom is -0.493 e. The number of hydrogen-bond donors (Lipinski definition) is 2. The van der Waals surface area contributed by atoms with Crippen molar-refractivity contribution in [3.8, 4) is 17.2 Å². The van der Waals surface area contributed by atoms with Crippen LogP contribution in [0.15, 0.2) is 12.3 Å². The van der Waals surface area contributed by atoms with Crippen molar-refractivity contribution in [2.45, 2.75) is 59.5 Å². The molecule has 10 nitrogen and oxygen atoms in total. The van der Waals surface area contributed by atoms with E-state index < -0.39 is 0 Å². The van der Waals surface area contributed by atoms with Gasteiger partial charge in [-0.25, -0.2) is 4.98 Å². The molecule has 1 atom stereocenters. The number of ether oxygens (including phenoxy) is 3. The van der Waals surface area contributed by atoms with Crippen LogP contribution in [0.1, 0.15) is 68.4 Å². The Morgan fingerprint density at radius 3 is 2.32 bits per heavy atom. The van der Waals surface area contributed by atoms with Crippen molar-refractivity contribution in [1.29, 1.82) is 0 Å². The van der Waals surface area contributed by atoms with E-state index in [0.717, 1.165) is 12.8 Å². The number of fused-ring (bicyclic) bond motifs is 1. The number of carbonyl (C=O) groups excluding carboxylic acids is 3. The maximum absolute atomic E-state index is 13.4. The summed E-state index contributed by atoms with van der Waals surface area (Å²) in [5.74, 6) is 0.878. The maximum Gasteiger partial charge on any atom is 0.231 e. The number of Topliss-reactive ketones (excluding diaryl/α,β-unsaturated/α-hetero) is 1. The lowest BCUT2D eigenvalue weighted by atomic mass is 9.90. The van der Waals surface area contributed by atoms with Gasteiger partial charge in [-0.15, -0.1) is 0 Å². The Morgan fingerprint density at radius 1 is 1.05 bits per heavy atom. The highest BCUT2D eigenvalue weighted by Gasteiger charge is 2.41. The second kappa shape index (κ2) is 10.7. The maximum atomic E-state index is 13.4. The number of rotatable bonds is 9. The van der Waals surface area contributed by atoms with Crippen molar-refractivity contribution in [3.63, 3.8) is 0 Å². The predicted octanol–water partition coefficient (Wildman–Crippen LogP) is 4.02. The van der Waals surface area contributed by atoms with Crippen molar-refractivity contribution >= 4 is 29.4 Å². The molecule has 1 aromatic carbocycles. The predicted molar refractivity (Wildman–Crippen MR) is 137 cm³/mol. The van der Waals surface area contributed by atoms with Crippen LogP contribution in [0.4, 0.5) is 11.8 Å². The third kappa shape index (κ3) is 5.68. The van der Waals surface area contributed by atoms with Crippen LogP contribution in [0.5, 0.6) is 17.2 Å². The lowest BCUT2D eigenvalue weighted by molar-refractivity contribution is -0.119. The van der Waals surface area contributed by atoms with Crippen molar-refractivity contribution in [2.75, 3.05) is 24.9 Å². The summed E-state index contributed by atoms with van der Waals surface area (Å²) in [6.07, 6.45) is 3.97. The van der Waals surface area contributed by atoms with Gasteiger partial charge in [-0.3, -0.25) is 19.7 Å². The van der Waals surface area contributed by atoms with Crippen LogP contribution in [0.3, 0.4) is 0 Å². The van der Waals surface area contributed by atoms with Crippen LogP contribution >= 0.6 is 0 Å². The molecule has 1 fully saturated rings. The van der Waals surface area contributed by atoms with Gasteiger partial charge >= 0.3 is 0 Å². The Bertz CT molecular complexity index is 1220. The smallest absolute Gasteiger partial charge is 0.231 e. The van der Waals surface area contributed by atoms with Crippen LogP contribution in [0.25, 0.3) is 0 Å². The number of ketones is 1. The Hall–Kier alpha value is -3.69. The van der Waals surface area contributed by atoms with Gasteiger partial charge in [-0.05, 0) is 30.4 Å². The topological polar surface area (TPSA) is 129 Å². The molecule has 1 aromatic heterocycles. The van der Waals surface area contributed by atoms with E-state index in [1.165, 1.54) is 14.2 Å². The molecule has 2 N–H and O–H groups in total. The van der Waals surface area contributed by atoms with Crippen LogP contribution in [0, 0.1) is 17.8 Å². The SMILES string of the molecule is COc1cc(Cc2cnc(NC(=O)C(C)C)nc2NC(=O)C(C)C)c2c(c1OC)OC(C1CC1)CC2=O. The fraction of sp³-hybridized carbons (Fsp3) is 0.519. The lowest BCUT2D eigenvalue weighted by Gasteiger charge is -2.29. The summed E-state index contributed by atoms with van der Waals surface area (Å²) in [6, 6.07) is 1.75. The first-order valence-corrected chi connectivity index (χ1v) is 12.6. The number of benzene rings is 1. The summed E-state index contributed by atoms with van der Waals surface area (Å²) in [5.41, 5.74) is 1.66. The molecule has 2 amide bonds. The number of anilines is 2. The quantitative estimate of drug-likeness (QED) is 0.518. The Morgan fingerprint density at radius 2 is 1.73 bits per heavy atom. The van der Waals surface area contributed by atoms with E-state index in [2.05, 4.69) is 20.6 Å². The number of hydrogen-bond acceptors (Lipinski definition) is 8. The Kier molecular flexibility index (Phi) is 7.65. The van der Waals surface area contributed by atoms with Gasteiger partial charge in [-0.1, -0.05) is 27.7 Å². The van der Waals surface area contributed by atoms with Crippen molar-refractivity contribution < 1.29 is 28.6 Å². The Labute approximate surface area is 216 Å². The monoisotopic (exact) mass is 510 g/mol. The average Bonchev–Trinajstić information content (AvgIpc) is 3.70. The molecule has 0 bridgehead atoms. The number of amides is 2. The van der Waals surface area contributed by atoms with Gasteiger partial charge in [0, 0.05) is 36.4 Å². The third-order valence-corrected chi connectivity index (χ3v) is 6.56. The summed E-state index contributed by atoms with van der Waals surface area (Å²) < 4.78 is 17.5. The van der Waals surface area contributed by atoms with Gasteiger partial charge in [0.05, 0.1) is 19.8 Å². The normalized spacial score (nSPS) is 16.8. The average molecular weight is 511 g/mol. The molecule has 1 saturated carbocycles. The first kappa shape index (κ1) is 26.4. The largest absolute Gasteiger partial charge is 0.493 e. The zero-order chi connectivity index (χ0) is 26.9. The molecule has 0 saturated heterocycles. The second-order valence-electron chi connectivity index (χ2n) is 10.1. The van der Waals surface area contributed by atoms with Crippen LogP contribution in [-0.2, 0) is 16.0 Å². The summed E-state index contributed by atoms with van der Waals surface area (Å²) in [6.45, 7) is 7.07. The minimum absolute atomic E-state index is 0.0244. The molecule has 0 spiro atoms. The number of aromatic nitrogens is 2.